The third-order valence-electron chi connectivity index (χ3n) is 2.44. The van der Waals surface area contributed by atoms with E-state index in [4.69, 9.17) is 6.58 Å². The van der Waals surface area contributed by atoms with E-state index in [2.05, 4.69) is 18.7 Å². The largest absolute Gasteiger partial charge is 0.103 e. The summed E-state index contributed by atoms with van der Waals surface area (Å²) in [5.74, 6) is 0. The predicted molar refractivity (Wildman–Crippen MR) is 69.8 cm³/mol. The lowest BCUT2D eigenvalue weighted by atomic mass is 10.1. The number of allylic oxidation sites excluding steroid dienone is 4. The number of unbranched alkanes of at least 4 members (excludes halogenated alkanes) is 7. The molecule has 0 spiro atoms. The second-order valence-electron chi connectivity index (χ2n) is 3.92. The van der Waals surface area contributed by atoms with Gasteiger partial charge in [-0.05, 0) is 44.9 Å². The van der Waals surface area contributed by atoms with Crippen molar-refractivity contribution in [3.05, 3.63) is 37.5 Å². The summed E-state index contributed by atoms with van der Waals surface area (Å²) in [5, 5.41) is 0. The number of hydrogen-bond acceptors (Lipinski definition) is 0. The average molecular weight is 205 g/mol. The van der Waals surface area contributed by atoms with Crippen LogP contribution in [0.3, 0.4) is 0 Å². The van der Waals surface area contributed by atoms with Crippen molar-refractivity contribution in [1.82, 2.24) is 0 Å². The minimum Gasteiger partial charge on any atom is -0.103 e. The van der Waals surface area contributed by atoms with E-state index >= 15 is 0 Å². The quantitative estimate of drug-likeness (QED) is 0.320. The summed E-state index contributed by atoms with van der Waals surface area (Å²) in [4.78, 5) is 0. The Bertz CT molecular complexity index is 165. The molecule has 0 unspecified atom stereocenters. The van der Waals surface area contributed by atoms with E-state index in [1.807, 2.05) is 6.08 Å². The molecule has 0 aromatic heterocycles. The molecule has 0 aliphatic rings. The van der Waals surface area contributed by atoms with Crippen LogP contribution in [0.2, 0.25) is 0 Å². The van der Waals surface area contributed by atoms with Crippen molar-refractivity contribution in [3.8, 4) is 0 Å². The van der Waals surface area contributed by atoms with Crippen molar-refractivity contribution in [2.75, 3.05) is 0 Å². The molecule has 1 radical (unpaired) electrons. The molecule has 0 fully saturated rings. The Hall–Kier alpha value is -0.780. The lowest BCUT2D eigenvalue weighted by molar-refractivity contribution is 0.652. The van der Waals surface area contributed by atoms with Crippen molar-refractivity contribution >= 4 is 0 Å². The van der Waals surface area contributed by atoms with Gasteiger partial charge in [0.05, 0.1) is 0 Å². The molecular weight excluding hydrogens is 180 g/mol. The molecule has 0 N–H and O–H groups in total. The van der Waals surface area contributed by atoms with E-state index in [0.717, 1.165) is 6.42 Å². The van der Waals surface area contributed by atoms with E-state index in [1.54, 1.807) is 6.08 Å². The summed E-state index contributed by atoms with van der Waals surface area (Å²) in [6.07, 6.45) is 19.5. The van der Waals surface area contributed by atoms with E-state index < -0.39 is 0 Å². The van der Waals surface area contributed by atoms with Gasteiger partial charge in [-0.15, -0.1) is 6.58 Å². The van der Waals surface area contributed by atoms with Crippen LogP contribution in [0.25, 0.3) is 0 Å². The average Bonchev–Trinajstić information content (AvgIpc) is 2.26. The number of rotatable bonds is 11. The molecule has 0 saturated heterocycles. The van der Waals surface area contributed by atoms with E-state index in [9.17, 15) is 0 Å². The van der Waals surface area contributed by atoms with Gasteiger partial charge in [0, 0.05) is 0 Å². The van der Waals surface area contributed by atoms with Gasteiger partial charge in [-0.3, -0.25) is 0 Å². The molecule has 0 aliphatic heterocycles. The molecule has 0 aromatic carbocycles. The molecule has 0 bridgehead atoms. The zero-order valence-corrected chi connectivity index (χ0v) is 9.96. The fourth-order valence-corrected chi connectivity index (χ4v) is 1.49. The Kier molecular flexibility index (Phi) is 12.5. The highest BCUT2D eigenvalue weighted by atomic mass is 13.9. The van der Waals surface area contributed by atoms with Gasteiger partial charge in [-0.1, -0.05) is 43.7 Å². The van der Waals surface area contributed by atoms with Crippen LogP contribution in [-0.4, -0.2) is 0 Å². The van der Waals surface area contributed by atoms with E-state index in [1.165, 1.54) is 51.4 Å². The topological polar surface area (TPSA) is 0 Å². The maximum atomic E-state index is 5.29. The second kappa shape index (κ2) is 13.2. The monoisotopic (exact) mass is 205 g/mol. The first-order chi connectivity index (χ1) is 7.41. The molecule has 0 saturated carbocycles. The molecule has 0 nitrogen and oxygen atoms in total. The zero-order valence-electron chi connectivity index (χ0n) is 9.96. The molecule has 85 valence electrons. The molecule has 15 heavy (non-hydrogen) atoms. The molecule has 0 heterocycles. The van der Waals surface area contributed by atoms with Crippen LogP contribution < -0.4 is 0 Å². The fourth-order valence-electron chi connectivity index (χ4n) is 1.49. The minimum absolute atomic E-state index is 1.03. The normalized spacial score (nSPS) is 10.7. The Morgan fingerprint density at radius 2 is 1.33 bits per heavy atom. The van der Waals surface area contributed by atoms with Gasteiger partial charge >= 0.3 is 0 Å². The third kappa shape index (κ3) is 13.2. The Morgan fingerprint density at radius 3 is 1.93 bits per heavy atom. The van der Waals surface area contributed by atoms with E-state index in [0.29, 0.717) is 0 Å². The van der Waals surface area contributed by atoms with Gasteiger partial charge in [0.1, 0.15) is 0 Å². The van der Waals surface area contributed by atoms with Gasteiger partial charge in [0.25, 0.3) is 0 Å². The van der Waals surface area contributed by atoms with Crippen LogP contribution >= 0.6 is 0 Å². The van der Waals surface area contributed by atoms with Crippen LogP contribution in [0, 0.1) is 6.58 Å². The highest BCUT2D eigenvalue weighted by molar-refractivity contribution is 4.82. The van der Waals surface area contributed by atoms with Gasteiger partial charge in [0.2, 0.25) is 0 Å². The molecule has 0 aromatic rings. The van der Waals surface area contributed by atoms with Gasteiger partial charge in [-0.2, -0.15) is 0 Å². The van der Waals surface area contributed by atoms with Crippen molar-refractivity contribution in [2.45, 2.75) is 57.8 Å². The summed E-state index contributed by atoms with van der Waals surface area (Å²) in [6.45, 7) is 9.01. The highest BCUT2D eigenvalue weighted by Crippen LogP contribution is 2.06. The molecule has 0 atom stereocenters. The standard InChI is InChI=1S/C15H25/c1-3-5-7-9-11-13-15-14-12-10-8-6-4-2/h1,3-4,11,13H,2,5-10,12,14-15H2. The predicted octanol–water partition coefficient (Wildman–Crippen LogP) is 5.23. The number of hydrogen-bond donors (Lipinski definition) is 0. The summed E-state index contributed by atoms with van der Waals surface area (Å²) in [6, 6.07) is 0. The maximum absolute atomic E-state index is 5.29. The van der Waals surface area contributed by atoms with Crippen LogP contribution in [0.5, 0.6) is 0 Å². The highest BCUT2D eigenvalue weighted by Gasteiger charge is 1.87. The van der Waals surface area contributed by atoms with Crippen LogP contribution in [0.15, 0.2) is 30.9 Å². The third-order valence-corrected chi connectivity index (χ3v) is 2.44. The zero-order chi connectivity index (χ0) is 11.2. The molecule has 0 heteroatoms. The van der Waals surface area contributed by atoms with Crippen LogP contribution in [-0.2, 0) is 0 Å². The van der Waals surface area contributed by atoms with Gasteiger partial charge in [0.15, 0.2) is 0 Å². The van der Waals surface area contributed by atoms with Crippen LogP contribution in [0.4, 0.5) is 0 Å². The van der Waals surface area contributed by atoms with Gasteiger partial charge in [-0.25, -0.2) is 0 Å². The van der Waals surface area contributed by atoms with Crippen molar-refractivity contribution < 1.29 is 0 Å². The lowest BCUT2D eigenvalue weighted by Crippen LogP contribution is -1.76. The molecule has 0 aliphatic carbocycles. The fraction of sp³-hybridized carbons (Fsp3) is 0.600. The van der Waals surface area contributed by atoms with Gasteiger partial charge < -0.3 is 0 Å². The first-order valence-corrected chi connectivity index (χ1v) is 6.21. The smallest absolute Gasteiger partial charge is 0.0345 e. The van der Waals surface area contributed by atoms with Crippen molar-refractivity contribution in [3.63, 3.8) is 0 Å². The second-order valence-corrected chi connectivity index (χ2v) is 3.92. The summed E-state index contributed by atoms with van der Waals surface area (Å²) < 4.78 is 0. The van der Waals surface area contributed by atoms with Crippen molar-refractivity contribution in [2.24, 2.45) is 0 Å². The first-order valence-electron chi connectivity index (χ1n) is 6.21. The van der Waals surface area contributed by atoms with Crippen LogP contribution in [0.1, 0.15) is 57.8 Å². The molecular formula is C15H25. The summed E-state index contributed by atoms with van der Waals surface area (Å²) in [5.41, 5.74) is 0. The lowest BCUT2D eigenvalue weighted by Gasteiger charge is -1.96. The van der Waals surface area contributed by atoms with Crippen molar-refractivity contribution in [1.29, 1.82) is 0 Å². The molecule has 0 amide bonds. The van der Waals surface area contributed by atoms with E-state index in [-0.39, 0.29) is 0 Å². The Morgan fingerprint density at radius 1 is 0.733 bits per heavy atom. The first kappa shape index (κ1) is 14.2. The summed E-state index contributed by atoms with van der Waals surface area (Å²) >= 11 is 0. The summed E-state index contributed by atoms with van der Waals surface area (Å²) in [7, 11) is 0. The minimum atomic E-state index is 1.03. The Balaban J connectivity index is 3.02. The maximum Gasteiger partial charge on any atom is -0.0345 e. The Labute approximate surface area is 95.8 Å². The molecule has 0 rings (SSSR count). The SMILES string of the molecule is [CH]=CCCCC=CCCCCCCC=C.